The molecule has 0 aromatic carbocycles. The lowest BCUT2D eigenvalue weighted by Gasteiger charge is -2.25. The van der Waals surface area contributed by atoms with Crippen LogP contribution in [0, 0.1) is 35.0 Å². The van der Waals surface area contributed by atoms with E-state index in [1.54, 1.807) is 5.57 Å². The second-order valence-corrected chi connectivity index (χ2v) is 12.2. The molecule has 0 heterocycles. The van der Waals surface area contributed by atoms with Gasteiger partial charge in [0.05, 0.1) is 0 Å². The van der Waals surface area contributed by atoms with E-state index >= 15 is 0 Å². The van der Waals surface area contributed by atoms with E-state index in [2.05, 4.69) is 113 Å². The molecule has 0 aliphatic carbocycles. The fraction of sp³-hybridized carbons (Fsp3) is 0.667. The lowest BCUT2D eigenvalue weighted by Crippen LogP contribution is -2.13. The summed E-state index contributed by atoms with van der Waals surface area (Å²) in [6.07, 6.45) is 19.8. The van der Waals surface area contributed by atoms with Crippen molar-refractivity contribution < 1.29 is 0 Å². The molecule has 0 bridgehead atoms. The van der Waals surface area contributed by atoms with Gasteiger partial charge >= 0.3 is 0 Å². The molecule has 0 amide bonds. The van der Waals surface area contributed by atoms with Gasteiger partial charge in [0.15, 0.2) is 0 Å². The predicted molar refractivity (Wildman–Crippen MR) is 167 cm³/mol. The van der Waals surface area contributed by atoms with Crippen molar-refractivity contribution in [3.63, 3.8) is 0 Å². The van der Waals surface area contributed by atoms with E-state index in [1.807, 2.05) is 0 Å². The van der Waals surface area contributed by atoms with Gasteiger partial charge in [0, 0.05) is 5.41 Å². The predicted octanol–water partition coefficient (Wildman–Crippen LogP) is 12.1. The van der Waals surface area contributed by atoms with Crippen molar-refractivity contribution in [3.05, 3.63) is 72.9 Å². The van der Waals surface area contributed by atoms with Gasteiger partial charge in [0.2, 0.25) is 0 Å². The normalized spacial score (nSPS) is 18.2. The van der Waals surface area contributed by atoms with Crippen molar-refractivity contribution in [2.75, 3.05) is 0 Å². The summed E-state index contributed by atoms with van der Waals surface area (Å²) in [5, 5.41) is 0. The largest absolute Gasteiger partial charge is 0.102 e. The highest BCUT2D eigenvalue weighted by Crippen LogP contribution is 2.33. The number of allylic oxidation sites excluding steroid dienone is 8. The smallest absolute Gasteiger partial charge is 0.00303 e. The lowest BCUT2D eigenvalue weighted by molar-refractivity contribution is 0.423. The van der Waals surface area contributed by atoms with Crippen molar-refractivity contribution in [1.29, 1.82) is 0 Å². The molecule has 0 fully saturated rings. The summed E-state index contributed by atoms with van der Waals surface area (Å²) in [4.78, 5) is 0. The van der Waals surface area contributed by atoms with Gasteiger partial charge in [0.1, 0.15) is 0 Å². The third-order valence-electron chi connectivity index (χ3n) is 8.89. The first kappa shape index (κ1) is 34.4. The summed E-state index contributed by atoms with van der Waals surface area (Å²) in [7, 11) is 0. The zero-order chi connectivity index (χ0) is 27.9. The fourth-order valence-corrected chi connectivity index (χ4v) is 4.75. The molecule has 0 heteroatoms. The van der Waals surface area contributed by atoms with E-state index in [4.69, 9.17) is 0 Å². The Bertz CT molecular complexity index is 744. The molecule has 6 atom stereocenters. The van der Waals surface area contributed by atoms with E-state index in [-0.39, 0.29) is 5.41 Å². The van der Waals surface area contributed by atoms with E-state index < -0.39 is 0 Å². The van der Waals surface area contributed by atoms with E-state index in [0.717, 1.165) is 38.5 Å². The first-order valence-electron chi connectivity index (χ1n) is 14.8. The summed E-state index contributed by atoms with van der Waals surface area (Å²) in [5.74, 6) is 2.95. The molecule has 0 saturated heterocycles. The van der Waals surface area contributed by atoms with Gasteiger partial charge in [-0.1, -0.05) is 115 Å². The van der Waals surface area contributed by atoms with Crippen LogP contribution >= 0.6 is 0 Å². The molecule has 0 aliphatic rings. The van der Waals surface area contributed by atoms with Crippen LogP contribution in [0.15, 0.2) is 72.9 Å². The van der Waals surface area contributed by atoms with Gasteiger partial charge in [-0.2, -0.15) is 0 Å². The summed E-state index contributed by atoms with van der Waals surface area (Å²) in [5.41, 5.74) is 5.70. The second-order valence-electron chi connectivity index (χ2n) is 12.2. The van der Waals surface area contributed by atoms with Crippen LogP contribution in [0.2, 0.25) is 0 Å². The quantitative estimate of drug-likeness (QED) is 0.148. The number of rotatable bonds is 20. The molecule has 0 nitrogen and oxygen atoms in total. The maximum absolute atomic E-state index is 4.44. The molecule has 6 unspecified atom stereocenters. The second kappa shape index (κ2) is 17.8. The minimum absolute atomic E-state index is 0.0446. The molecule has 0 aromatic rings. The molecular weight excluding hydrogens is 432 g/mol. The zero-order valence-electron chi connectivity index (χ0n) is 25.9. The van der Waals surface area contributed by atoms with Crippen LogP contribution in [0.25, 0.3) is 0 Å². The van der Waals surface area contributed by atoms with Gasteiger partial charge in [-0.3, -0.25) is 0 Å². The van der Waals surface area contributed by atoms with Gasteiger partial charge in [-0.05, 0) is 101 Å². The number of hydrogen-bond donors (Lipinski definition) is 0. The monoisotopic (exact) mass is 494 g/mol. The van der Waals surface area contributed by atoms with Crippen molar-refractivity contribution in [3.8, 4) is 0 Å². The zero-order valence-corrected chi connectivity index (χ0v) is 25.9. The van der Waals surface area contributed by atoms with Crippen LogP contribution in [-0.4, -0.2) is 0 Å². The molecule has 0 aliphatic heterocycles. The molecule has 0 aromatic heterocycles. The van der Waals surface area contributed by atoms with Crippen LogP contribution < -0.4 is 0 Å². The SMILES string of the molecule is C=CC(C)(C=CC(C)CCC(C)C(=C)CCC(C)C(=CC)CC)CCC(C)C(=C)CCC(C)C(=C)C. The molecule has 0 radical (unpaired) electrons. The topological polar surface area (TPSA) is 0 Å². The minimum atomic E-state index is 0.0446. The van der Waals surface area contributed by atoms with Crippen LogP contribution in [0.4, 0.5) is 0 Å². The van der Waals surface area contributed by atoms with Crippen molar-refractivity contribution in [1.82, 2.24) is 0 Å². The summed E-state index contributed by atoms with van der Waals surface area (Å²) >= 11 is 0. The standard InChI is InChI=1S/C36H62/c1-14-35(15-2)34(12)22-21-31(9)30(8)18-17-28(6)23-25-36(13,16-3)26-24-33(11)32(10)20-19-29(7)27(4)5/h14,16,23,25,28-30,33-34H,3-4,9-10,15,17-22,24,26H2,1-2,5-8,11-13H3. The van der Waals surface area contributed by atoms with Crippen LogP contribution in [0.1, 0.15) is 120 Å². The van der Waals surface area contributed by atoms with Crippen LogP contribution in [0.3, 0.4) is 0 Å². The van der Waals surface area contributed by atoms with Crippen molar-refractivity contribution in [2.45, 2.75) is 120 Å². The summed E-state index contributed by atoms with van der Waals surface area (Å²) in [6, 6.07) is 0. The molecule has 0 N–H and O–H groups in total. The maximum atomic E-state index is 4.44. The Morgan fingerprint density at radius 3 is 1.78 bits per heavy atom. The lowest BCUT2D eigenvalue weighted by atomic mass is 9.79. The Morgan fingerprint density at radius 1 is 0.778 bits per heavy atom. The molecular formula is C36H62. The van der Waals surface area contributed by atoms with Gasteiger partial charge in [-0.25, -0.2) is 0 Å². The Hall–Kier alpha value is -1.56. The first-order chi connectivity index (χ1) is 16.8. The third-order valence-corrected chi connectivity index (χ3v) is 8.89. The highest BCUT2D eigenvalue weighted by atomic mass is 14.2. The molecule has 0 rings (SSSR count). The Labute approximate surface area is 227 Å². The van der Waals surface area contributed by atoms with Gasteiger partial charge < -0.3 is 0 Å². The average Bonchev–Trinajstić information content (AvgIpc) is 2.86. The average molecular weight is 495 g/mol. The van der Waals surface area contributed by atoms with Crippen LogP contribution in [0.5, 0.6) is 0 Å². The highest BCUT2D eigenvalue weighted by molar-refractivity contribution is 5.10. The first-order valence-corrected chi connectivity index (χ1v) is 14.8. The van der Waals surface area contributed by atoms with E-state index in [9.17, 15) is 0 Å². The Balaban J connectivity index is 4.61. The van der Waals surface area contributed by atoms with Crippen LogP contribution in [-0.2, 0) is 0 Å². The third kappa shape index (κ3) is 13.7. The summed E-state index contributed by atoms with van der Waals surface area (Å²) in [6.45, 7) is 37.7. The van der Waals surface area contributed by atoms with Crippen molar-refractivity contribution >= 4 is 0 Å². The van der Waals surface area contributed by atoms with E-state index in [0.29, 0.717) is 29.6 Å². The molecule has 206 valence electrons. The van der Waals surface area contributed by atoms with E-state index in [1.165, 1.54) is 36.0 Å². The fourth-order valence-electron chi connectivity index (χ4n) is 4.75. The van der Waals surface area contributed by atoms with Crippen molar-refractivity contribution in [2.24, 2.45) is 35.0 Å². The number of hydrogen-bond acceptors (Lipinski definition) is 0. The molecule has 0 saturated carbocycles. The van der Waals surface area contributed by atoms with Gasteiger partial charge in [0.25, 0.3) is 0 Å². The molecule has 36 heavy (non-hydrogen) atoms. The Morgan fingerprint density at radius 2 is 1.31 bits per heavy atom. The maximum Gasteiger partial charge on any atom is 0.00303 e. The van der Waals surface area contributed by atoms with Gasteiger partial charge in [-0.15, -0.1) is 6.58 Å². The minimum Gasteiger partial charge on any atom is -0.102 e. The summed E-state index contributed by atoms with van der Waals surface area (Å²) < 4.78 is 0. The Kier molecular flexibility index (Phi) is 17.0. The highest BCUT2D eigenvalue weighted by Gasteiger charge is 2.20. The molecule has 0 spiro atoms.